The molecule has 0 spiro atoms. The molecule has 3 aromatic rings. The van der Waals surface area contributed by atoms with Gasteiger partial charge in [-0.15, -0.1) is 0 Å². The zero-order chi connectivity index (χ0) is 21.3. The van der Waals surface area contributed by atoms with E-state index < -0.39 is 6.09 Å². The summed E-state index contributed by atoms with van der Waals surface area (Å²) in [6.07, 6.45) is 4.92. The van der Waals surface area contributed by atoms with Crippen molar-refractivity contribution in [2.24, 2.45) is 11.8 Å². The Labute approximate surface area is 174 Å². The van der Waals surface area contributed by atoms with E-state index in [1.165, 1.54) is 4.90 Å². The molecule has 0 bridgehead atoms. The van der Waals surface area contributed by atoms with Crippen LogP contribution in [-0.4, -0.2) is 32.5 Å². The first kappa shape index (κ1) is 20.0. The molecule has 1 saturated carbocycles. The van der Waals surface area contributed by atoms with Crippen LogP contribution in [-0.2, 0) is 6.54 Å². The normalized spacial score (nSPS) is 19.0. The molecule has 0 aliphatic heterocycles. The average molecular weight is 407 g/mol. The van der Waals surface area contributed by atoms with E-state index in [1.54, 1.807) is 6.07 Å². The van der Waals surface area contributed by atoms with Crippen LogP contribution in [0.15, 0.2) is 29.0 Å². The molecule has 2 aromatic heterocycles. The summed E-state index contributed by atoms with van der Waals surface area (Å²) in [6, 6.07) is 7.72. The van der Waals surface area contributed by atoms with Crippen molar-refractivity contribution in [3.05, 3.63) is 41.3 Å². The first-order valence-corrected chi connectivity index (χ1v) is 10.2. The van der Waals surface area contributed by atoms with E-state index in [9.17, 15) is 15.2 Å². The first-order valence-electron chi connectivity index (χ1n) is 10.2. The minimum Gasteiger partial charge on any atom is -0.465 e. The molecule has 1 aliphatic rings. The van der Waals surface area contributed by atoms with Crippen LogP contribution >= 0.6 is 0 Å². The molecule has 1 N–H and O–H groups in total. The number of anilines is 1. The van der Waals surface area contributed by atoms with Gasteiger partial charge in [-0.25, -0.2) is 14.7 Å². The van der Waals surface area contributed by atoms with Crippen LogP contribution in [0.2, 0.25) is 0 Å². The molecule has 0 saturated heterocycles. The number of nitrogens with zero attached hydrogens (tertiary/aromatic N) is 5. The van der Waals surface area contributed by atoms with Crippen molar-refractivity contribution >= 4 is 23.0 Å². The van der Waals surface area contributed by atoms with Gasteiger partial charge in [-0.05, 0) is 63.1 Å². The number of imidazole rings is 1. The standard InChI is InChI=1S/C22H25N5O3/c1-14-15(2)25-30-21(14)27(22(28)29)12-18-5-3-4-17(8-18)11-26-13-24-19-7-6-16(10-23)9-20(19)26/h6-7,9,13,17-18H,3-5,8,11-12H2,1-2H3,(H,28,29). The Bertz CT molecular complexity index is 1110. The van der Waals surface area contributed by atoms with Gasteiger partial charge < -0.3 is 14.2 Å². The lowest BCUT2D eigenvalue weighted by Gasteiger charge is -2.31. The van der Waals surface area contributed by atoms with Gasteiger partial charge in [0, 0.05) is 18.7 Å². The second-order valence-electron chi connectivity index (χ2n) is 8.20. The van der Waals surface area contributed by atoms with Crippen molar-refractivity contribution in [2.75, 3.05) is 11.4 Å². The van der Waals surface area contributed by atoms with Gasteiger partial charge >= 0.3 is 6.09 Å². The fraction of sp³-hybridized carbons (Fsp3) is 0.455. The van der Waals surface area contributed by atoms with Gasteiger partial charge in [0.15, 0.2) is 0 Å². The van der Waals surface area contributed by atoms with Crippen LogP contribution in [0.25, 0.3) is 11.0 Å². The monoisotopic (exact) mass is 407 g/mol. The van der Waals surface area contributed by atoms with Crippen molar-refractivity contribution in [1.29, 1.82) is 5.26 Å². The Morgan fingerprint density at radius 3 is 2.87 bits per heavy atom. The molecule has 4 rings (SSSR count). The average Bonchev–Trinajstić information content (AvgIpc) is 3.29. The third-order valence-corrected chi connectivity index (χ3v) is 6.15. The molecule has 30 heavy (non-hydrogen) atoms. The van der Waals surface area contributed by atoms with Crippen molar-refractivity contribution in [3.8, 4) is 6.07 Å². The quantitative estimate of drug-likeness (QED) is 0.667. The molecule has 1 fully saturated rings. The van der Waals surface area contributed by atoms with Crippen LogP contribution in [0.5, 0.6) is 0 Å². The number of hydrogen-bond donors (Lipinski definition) is 1. The van der Waals surface area contributed by atoms with Crippen LogP contribution in [0.4, 0.5) is 10.7 Å². The molecule has 0 radical (unpaired) electrons. The van der Waals surface area contributed by atoms with Crippen molar-refractivity contribution in [3.63, 3.8) is 0 Å². The van der Waals surface area contributed by atoms with Crippen molar-refractivity contribution in [2.45, 2.75) is 46.1 Å². The highest BCUT2D eigenvalue weighted by atomic mass is 16.5. The summed E-state index contributed by atoms with van der Waals surface area (Å²) in [6.45, 7) is 4.87. The smallest absolute Gasteiger partial charge is 0.414 e. The second kappa shape index (κ2) is 8.19. The number of aromatic nitrogens is 3. The number of rotatable bonds is 5. The van der Waals surface area contributed by atoms with E-state index >= 15 is 0 Å². The number of amides is 1. The molecular formula is C22H25N5O3. The lowest BCUT2D eigenvalue weighted by atomic mass is 9.81. The Hall–Kier alpha value is -3.34. The molecule has 1 aliphatic carbocycles. The van der Waals surface area contributed by atoms with E-state index in [-0.39, 0.29) is 5.92 Å². The van der Waals surface area contributed by atoms with E-state index in [4.69, 9.17) is 4.52 Å². The molecule has 8 nitrogen and oxygen atoms in total. The molecule has 156 valence electrons. The summed E-state index contributed by atoms with van der Waals surface area (Å²) < 4.78 is 7.41. The topological polar surface area (TPSA) is 108 Å². The summed E-state index contributed by atoms with van der Waals surface area (Å²) in [5, 5.41) is 22.8. The highest BCUT2D eigenvalue weighted by Crippen LogP contribution is 2.33. The Kier molecular flexibility index (Phi) is 5.44. The SMILES string of the molecule is Cc1noc(N(CC2CCCC(Cn3cnc4ccc(C#N)cc43)C2)C(=O)O)c1C. The van der Waals surface area contributed by atoms with Gasteiger partial charge in [0.1, 0.15) is 0 Å². The van der Waals surface area contributed by atoms with Gasteiger partial charge in [-0.1, -0.05) is 11.6 Å². The number of hydrogen-bond acceptors (Lipinski definition) is 5. The highest BCUT2D eigenvalue weighted by molar-refractivity contribution is 5.85. The summed E-state index contributed by atoms with van der Waals surface area (Å²) in [7, 11) is 0. The zero-order valence-corrected chi connectivity index (χ0v) is 17.2. The van der Waals surface area contributed by atoms with Crippen LogP contribution in [0.1, 0.15) is 42.5 Å². The van der Waals surface area contributed by atoms with Crippen molar-refractivity contribution < 1.29 is 14.4 Å². The highest BCUT2D eigenvalue weighted by Gasteiger charge is 2.29. The number of fused-ring (bicyclic) bond motifs is 1. The second-order valence-corrected chi connectivity index (χ2v) is 8.20. The molecule has 2 unspecified atom stereocenters. The number of carboxylic acid groups (broad SMARTS) is 1. The zero-order valence-electron chi connectivity index (χ0n) is 17.2. The van der Waals surface area contributed by atoms with Crippen LogP contribution in [0, 0.1) is 37.0 Å². The minimum absolute atomic E-state index is 0.258. The predicted octanol–water partition coefficient (Wildman–Crippen LogP) is 4.50. The first-order chi connectivity index (χ1) is 14.5. The minimum atomic E-state index is -1.01. The van der Waals surface area contributed by atoms with Gasteiger partial charge in [0.05, 0.1) is 34.7 Å². The van der Waals surface area contributed by atoms with Gasteiger partial charge in [-0.3, -0.25) is 0 Å². The summed E-state index contributed by atoms with van der Waals surface area (Å²) in [5.41, 5.74) is 3.95. The number of aryl methyl sites for hydroxylation is 1. The van der Waals surface area contributed by atoms with Crippen LogP contribution in [0.3, 0.4) is 0 Å². The molecule has 8 heteroatoms. The van der Waals surface area contributed by atoms with Crippen LogP contribution < -0.4 is 4.90 Å². The van der Waals surface area contributed by atoms with Gasteiger partial charge in [0.2, 0.25) is 5.88 Å². The molecule has 1 aromatic carbocycles. The Morgan fingerprint density at radius 2 is 2.17 bits per heavy atom. The maximum Gasteiger partial charge on any atom is 0.414 e. The molecular weight excluding hydrogens is 382 g/mol. The van der Waals surface area contributed by atoms with E-state index in [0.29, 0.717) is 29.6 Å². The maximum absolute atomic E-state index is 11.9. The third kappa shape index (κ3) is 3.88. The number of benzene rings is 1. The van der Waals surface area contributed by atoms with E-state index in [0.717, 1.165) is 48.8 Å². The summed E-state index contributed by atoms with van der Waals surface area (Å²) in [5.74, 6) is 1.01. The van der Waals surface area contributed by atoms with E-state index in [2.05, 4.69) is 20.8 Å². The molecule has 1 amide bonds. The van der Waals surface area contributed by atoms with Crippen molar-refractivity contribution in [1.82, 2.24) is 14.7 Å². The third-order valence-electron chi connectivity index (χ3n) is 6.15. The molecule has 2 atom stereocenters. The Morgan fingerprint density at radius 1 is 1.37 bits per heavy atom. The summed E-state index contributed by atoms with van der Waals surface area (Å²) >= 11 is 0. The lowest BCUT2D eigenvalue weighted by Crippen LogP contribution is -2.36. The Balaban J connectivity index is 1.47. The van der Waals surface area contributed by atoms with Gasteiger partial charge in [-0.2, -0.15) is 5.26 Å². The fourth-order valence-corrected chi connectivity index (χ4v) is 4.45. The van der Waals surface area contributed by atoms with Gasteiger partial charge in [0.25, 0.3) is 0 Å². The maximum atomic E-state index is 11.9. The molecule has 2 heterocycles. The number of nitriles is 1. The lowest BCUT2D eigenvalue weighted by molar-refractivity contribution is 0.192. The fourth-order valence-electron chi connectivity index (χ4n) is 4.45. The predicted molar refractivity (Wildman–Crippen MR) is 111 cm³/mol. The van der Waals surface area contributed by atoms with E-state index in [1.807, 2.05) is 32.3 Å². The number of carbonyl (C=O) groups is 1. The summed E-state index contributed by atoms with van der Waals surface area (Å²) in [4.78, 5) is 17.6. The largest absolute Gasteiger partial charge is 0.465 e.